The molecule has 0 radical (unpaired) electrons. The summed E-state index contributed by atoms with van der Waals surface area (Å²) in [6.45, 7) is 0. The molecule has 104 valence electrons. The number of carboxylic acid groups (broad SMARTS) is 1. The summed E-state index contributed by atoms with van der Waals surface area (Å²) in [4.78, 5) is 23.1. The van der Waals surface area contributed by atoms with Crippen LogP contribution < -0.4 is 0 Å². The number of allylic oxidation sites excluding steroid dienone is 2. The molecule has 2 aromatic carbocycles. The van der Waals surface area contributed by atoms with Crippen molar-refractivity contribution in [2.24, 2.45) is 0 Å². The molecule has 0 unspecified atom stereocenters. The Morgan fingerprint density at radius 3 is 1.95 bits per heavy atom. The second-order valence-electron chi connectivity index (χ2n) is 4.38. The molecule has 1 N–H and O–H groups in total. The SMILES string of the molecule is O=C(O)C=CC(=Cc1ccccc1)C(=O)c1ccccc1. The van der Waals surface area contributed by atoms with E-state index in [9.17, 15) is 9.59 Å². The number of benzene rings is 2. The maximum Gasteiger partial charge on any atom is 0.328 e. The van der Waals surface area contributed by atoms with Crippen molar-refractivity contribution in [3.63, 3.8) is 0 Å². The van der Waals surface area contributed by atoms with Crippen LogP contribution in [-0.4, -0.2) is 16.9 Å². The molecule has 0 spiro atoms. The first-order valence-corrected chi connectivity index (χ1v) is 6.44. The van der Waals surface area contributed by atoms with Crippen molar-refractivity contribution in [3.8, 4) is 0 Å². The molecule has 0 aliphatic carbocycles. The van der Waals surface area contributed by atoms with Gasteiger partial charge in [-0.25, -0.2) is 4.79 Å². The molecule has 0 fully saturated rings. The molecule has 0 atom stereocenters. The van der Waals surface area contributed by atoms with Crippen LogP contribution in [0.25, 0.3) is 6.08 Å². The van der Waals surface area contributed by atoms with E-state index in [0.717, 1.165) is 11.6 Å². The Hall–Kier alpha value is -2.94. The Balaban J connectivity index is 2.39. The fourth-order valence-corrected chi connectivity index (χ4v) is 1.84. The highest BCUT2D eigenvalue weighted by Gasteiger charge is 2.09. The highest BCUT2D eigenvalue weighted by atomic mass is 16.4. The zero-order valence-corrected chi connectivity index (χ0v) is 11.3. The second kappa shape index (κ2) is 7.01. The summed E-state index contributed by atoms with van der Waals surface area (Å²) < 4.78 is 0. The van der Waals surface area contributed by atoms with Crippen molar-refractivity contribution in [2.45, 2.75) is 0 Å². The molecule has 2 rings (SSSR count). The van der Waals surface area contributed by atoms with Gasteiger partial charge in [0.1, 0.15) is 0 Å². The fraction of sp³-hybridized carbons (Fsp3) is 0. The van der Waals surface area contributed by atoms with Gasteiger partial charge < -0.3 is 5.11 Å². The molecule has 21 heavy (non-hydrogen) atoms. The molecule has 0 heterocycles. The van der Waals surface area contributed by atoms with Crippen LogP contribution in [0.15, 0.2) is 78.4 Å². The third-order valence-corrected chi connectivity index (χ3v) is 2.83. The van der Waals surface area contributed by atoms with E-state index in [4.69, 9.17) is 5.11 Å². The summed E-state index contributed by atoms with van der Waals surface area (Å²) in [5.41, 5.74) is 1.69. The molecular formula is C18H14O3. The van der Waals surface area contributed by atoms with Crippen molar-refractivity contribution in [1.82, 2.24) is 0 Å². The average molecular weight is 278 g/mol. The summed E-state index contributed by atoms with van der Waals surface area (Å²) in [7, 11) is 0. The van der Waals surface area contributed by atoms with Crippen LogP contribution in [0.3, 0.4) is 0 Å². The third-order valence-electron chi connectivity index (χ3n) is 2.83. The number of aliphatic carboxylic acids is 1. The Labute approximate surface area is 122 Å². The van der Waals surface area contributed by atoms with Gasteiger partial charge in [-0.1, -0.05) is 60.7 Å². The molecule has 0 saturated carbocycles. The highest BCUT2D eigenvalue weighted by molar-refractivity contribution is 6.13. The minimum absolute atomic E-state index is 0.211. The number of hydrogen-bond acceptors (Lipinski definition) is 2. The van der Waals surface area contributed by atoms with Gasteiger partial charge in [-0.05, 0) is 17.7 Å². The normalized spacial score (nSPS) is 11.5. The summed E-state index contributed by atoms with van der Waals surface area (Å²) in [6, 6.07) is 18.1. The predicted octanol–water partition coefficient (Wildman–Crippen LogP) is 3.59. The van der Waals surface area contributed by atoms with Crippen LogP contribution >= 0.6 is 0 Å². The van der Waals surface area contributed by atoms with Gasteiger partial charge in [0.2, 0.25) is 0 Å². The van der Waals surface area contributed by atoms with Crippen LogP contribution in [0.1, 0.15) is 15.9 Å². The van der Waals surface area contributed by atoms with E-state index in [0.29, 0.717) is 11.1 Å². The van der Waals surface area contributed by atoms with Crippen LogP contribution in [0.5, 0.6) is 0 Å². The molecule has 3 heteroatoms. The lowest BCUT2D eigenvalue weighted by atomic mass is 10.0. The van der Waals surface area contributed by atoms with E-state index < -0.39 is 5.97 Å². The van der Waals surface area contributed by atoms with Crippen LogP contribution in [0, 0.1) is 0 Å². The van der Waals surface area contributed by atoms with E-state index in [-0.39, 0.29) is 5.78 Å². The lowest BCUT2D eigenvalue weighted by Crippen LogP contribution is -2.02. The molecule has 2 aromatic rings. The maximum atomic E-state index is 12.4. The van der Waals surface area contributed by atoms with Crippen molar-refractivity contribution in [1.29, 1.82) is 0 Å². The quantitative estimate of drug-likeness (QED) is 0.516. The minimum Gasteiger partial charge on any atom is -0.478 e. The minimum atomic E-state index is -1.09. The molecule has 0 bridgehead atoms. The molecule has 0 aliphatic heterocycles. The van der Waals surface area contributed by atoms with Gasteiger partial charge in [-0.15, -0.1) is 0 Å². The van der Waals surface area contributed by atoms with E-state index in [1.807, 2.05) is 36.4 Å². The zero-order chi connectivity index (χ0) is 15.1. The topological polar surface area (TPSA) is 54.4 Å². The van der Waals surface area contributed by atoms with Crippen LogP contribution in [0.4, 0.5) is 0 Å². The number of carbonyl (C=O) groups is 2. The summed E-state index contributed by atoms with van der Waals surface area (Å²) >= 11 is 0. The molecule has 0 aliphatic rings. The van der Waals surface area contributed by atoms with Gasteiger partial charge in [0, 0.05) is 17.2 Å². The number of hydrogen-bond donors (Lipinski definition) is 1. The van der Waals surface area contributed by atoms with Gasteiger partial charge in [-0.3, -0.25) is 4.79 Å². The van der Waals surface area contributed by atoms with Crippen molar-refractivity contribution >= 4 is 17.8 Å². The summed E-state index contributed by atoms with van der Waals surface area (Å²) in [5.74, 6) is -1.30. The largest absolute Gasteiger partial charge is 0.478 e. The van der Waals surface area contributed by atoms with E-state index in [1.54, 1.807) is 30.3 Å². The van der Waals surface area contributed by atoms with Gasteiger partial charge in [0.25, 0.3) is 0 Å². The fourth-order valence-electron chi connectivity index (χ4n) is 1.84. The lowest BCUT2D eigenvalue weighted by molar-refractivity contribution is -0.131. The third kappa shape index (κ3) is 4.28. The Bertz CT molecular complexity index is 683. The summed E-state index contributed by atoms with van der Waals surface area (Å²) in [6.07, 6.45) is 3.97. The Kier molecular flexibility index (Phi) is 4.83. The first-order chi connectivity index (χ1) is 10.2. The van der Waals surface area contributed by atoms with E-state index >= 15 is 0 Å². The summed E-state index contributed by atoms with van der Waals surface area (Å²) in [5, 5.41) is 8.76. The lowest BCUT2D eigenvalue weighted by Gasteiger charge is -2.02. The number of Topliss-reactive ketones (excluding diaryl/α,β-unsaturated/α-hetero) is 1. The number of ketones is 1. The van der Waals surface area contributed by atoms with Gasteiger partial charge >= 0.3 is 5.97 Å². The van der Waals surface area contributed by atoms with Gasteiger partial charge in [0.15, 0.2) is 5.78 Å². The van der Waals surface area contributed by atoms with Crippen molar-refractivity contribution in [3.05, 3.63) is 89.5 Å². The number of carbonyl (C=O) groups excluding carboxylic acids is 1. The van der Waals surface area contributed by atoms with Crippen molar-refractivity contribution in [2.75, 3.05) is 0 Å². The smallest absolute Gasteiger partial charge is 0.328 e. The van der Waals surface area contributed by atoms with Crippen LogP contribution in [-0.2, 0) is 4.79 Å². The van der Waals surface area contributed by atoms with Gasteiger partial charge in [-0.2, -0.15) is 0 Å². The first-order valence-electron chi connectivity index (χ1n) is 6.44. The Morgan fingerprint density at radius 1 is 0.810 bits per heavy atom. The molecule has 0 saturated heterocycles. The monoisotopic (exact) mass is 278 g/mol. The first kappa shape index (κ1) is 14.5. The van der Waals surface area contributed by atoms with E-state index in [2.05, 4.69) is 0 Å². The molecular weight excluding hydrogens is 264 g/mol. The molecule has 0 aromatic heterocycles. The average Bonchev–Trinajstić information content (AvgIpc) is 2.52. The number of carboxylic acids is 1. The van der Waals surface area contributed by atoms with E-state index in [1.165, 1.54) is 6.08 Å². The Morgan fingerprint density at radius 2 is 1.38 bits per heavy atom. The molecule has 3 nitrogen and oxygen atoms in total. The zero-order valence-electron chi connectivity index (χ0n) is 11.3. The standard InChI is InChI=1S/C18H14O3/c19-17(20)12-11-16(13-14-7-3-1-4-8-14)18(21)15-9-5-2-6-10-15/h1-13H,(H,19,20). The highest BCUT2D eigenvalue weighted by Crippen LogP contribution is 2.14. The second-order valence-corrected chi connectivity index (χ2v) is 4.38. The predicted molar refractivity (Wildman–Crippen MR) is 82.0 cm³/mol. The van der Waals surface area contributed by atoms with Crippen LogP contribution in [0.2, 0.25) is 0 Å². The van der Waals surface area contributed by atoms with Crippen molar-refractivity contribution < 1.29 is 14.7 Å². The van der Waals surface area contributed by atoms with Gasteiger partial charge in [0.05, 0.1) is 0 Å². The number of rotatable bonds is 5. The maximum absolute atomic E-state index is 12.4. The molecule has 0 amide bonds.